The standard InChI is InChI=1S/C15H12N4O2S/c20-14(18-13-3-5-16-19-13)11-8-22-15(17-11)10-1-2-12-9(7-10)4-6-21-12/h1-3,5,7-8H,4,6H2,(H2,16,18,19,20). The number of hydrogen-bond donors (Lipinski definition) is 2. The number of carbonyl (C=O) groups is 1. The maximum Gasteiger partial charge on any atom is 0.276 e. The molecule has 110 valence electrons. The second-order valence-corrected chi connectivity index (χ2v) is 5.74. The lowest BCUT2D eigenvalue weighted by Gasteiger charge is -2.01. The Morgan fingerprint density at radius 2 is 2.32 bits per heavy atom. The number of carbonyl (C=O) groups excluding carboxylic acids is 1. The number of benzene rings is 1. The first-order valence-electron chi connectivity index (χ1n) is 6.82. The molecule has 22 heavy (non-hydrogen) atoms. The molecule has 2 N–H and O–H groups in total. The Morgan fingerprint density at radius 1 is 1.36 bits per heavy atom. The summed E-state index contributed by atoms with van der Waals surface area (Å²) in [6.07, 6.45) is 2.50. The van der Waals surface area contributed by atoms with E-state index >= 15 is 0 Å². The molecule has 1 aliphatic heterocycles. The number of anilines is 1. The highest BCUT2D eigenvalue weighted by Crippen LogP contribution is 2.31. The quantitative estimate of drug-likeness (QED) is 0.779. The van der Waals surface area contributed by atoms with Crippen LogP contribution >= 0.6 is 11.3 Å². The van der Waals surface area contributed by atoms with Crippen LogP contribution in [0.15, 0.2) is 35.8 Å². The van der Waals surface area contributed by atoms with E-state index in [1.54, 1.807) is 17.6 Å². The molecule has 0 spiro atoms. The summed E-state index contributed by atoms with van der Waals surface area (Å²) < 4.78 is 5.50. The van der Waals surface area contributed by atoms with Crippen LogP contribution in [0, 0.1) is 0 Å². The molecule has 0 bridgehead atoms. The monoisotopic (exact) mass is 312 g/mol. The van der Waals surface area contributed by atoms with Gasteiger partial charge in [-0.1, -0.05) is 0 Å². The number of thiazole rings is 1. The highest BCUT2D eigenvalue weighted by Gasteiger charge is 2.16. The topological polar surface area (TPSA) is 79.9 Å². The Kier molecular flexibility index (Phi) is 3.12. The second-order valence-electron chi connectivity index (χ2n) is 4.88. The Labute approximate surface area is 130 Å². The Hall–Kier alpha value is -2.67. The molecular weight excluding hydrogens is 300 g/mol. The van der Waals surface area contributed by atoms with Crippen LogP contribution in [0.1, 0.15) is 16.1 Å². The van der Waals surface area contributed by atoms with E-state index in [1.165, 1.54) is 16.9 Å². The molecule has 0 radical (unpaired) electrons. The number of aromatic nitrogens is 3. The lowest BCUT2D eigenvalue weighted by Crippen LogP contribution is -2.12. The molecule has 2 aromatic heterocycles. The number of hydrogen-bond acceptors (Lipinski definition) is 5. The summed E-state index contributed by atoms with van der Waals surface area (Å²) in [5, 5.41) is 11.8. The molecule has 4 rings (SSSR count). The van der Waals surface area contributed by atoms with Gasteiger partial charge in [0, 0.05) is 23.4 Å². The fraction of sp³-hybridized carbons (Fsp3) is 0.133. The summed E-state index contributed by atoms with van der Waals surface area (Å²) in [4.78, 5) is 16.5. The predicted octanol–water partition coefficient (Wildman–Crippen LogP) is 2.72. The molecule has 0 unspecified atom stereocenters. The van der Waals surface area contributed by atoms with Gasteiger partial charge in [-0.3, -0.25) is 9.89 Å². The van der Waals surface area contributed by atoms with Crippen LogP contribution in [0.3, 0.4) is 0 Å². The number of rotatable bonds is 3. The zero-order chi connectivity index (χ0) is 14.9. The van der Waals surface area contributed by atoms with Crippen LogP contribution < -0.4 is 10.1 Å². The maximum atomic E-state index is 12.1. The molecule has 1 aromatic carbocycles. The first-order valence-corrected chi connectivity index (χ1v) is 7.70. The molecular formula is C15H12N4O2S. The zero-order valence-corrected chi connectivity index (χ0v) is 12.3. The second kappa shape index (κ2) is 5.27. The van der Waals surface area contributed by atoms with E-state index in [1.807, 2.05) is 12.1 Å². The number of H-pyrrole nitrogens is 1. The SMILES string of the molecule is O=C(Nc1ccn[nH]1)c1csc(-c2ccc3c(c2)CCO3)n1. The average molecular weight is 312 g/mol. The van der Waals surface area contributed by atoms with Crippen LogP contribution in [-0.2, 0) is 6.42 Å². The van der Waals surface area contributed by atoms with E-state index in [2.05, 4.69) is 26.6 Å². The van der Waals surface area contributed by atoms with Gasteiger partial charge < -0.3 is 10.1 Å². The summed E-state index contributed by atoms with van der Waals surface area (Å²) >= 11 is 1.45. The van der Waals surface area contributed by atoms with E-state index in [0.717, 1.165) is 29.3 Å². The fourth-order valence-corrected chi connectivity index (χ4v) is 3.14. The van der Waals surface area contributed by atoms with Crippen LogP contribution in [0.25, 0.3) is 10.6 Å². The third kappa shape index (κ3) is 2.35. The van der Waals surface area contributed by atoms with E-state index < -0.39 is 0 Å². The van der Waals surface area contributed by atoms with E-state index in [-0.39, 0.29) is 5.91 Å². The number of fused-ring (bicyclic) bond motifs is 1. The normalized spacial score (nSPS) is 12.7. The van der Waals surface area contributed by atoms with Crippen molar-refractivity contribution in [3.63, 3.8) is 0 Å². The molecule has 0 saturated carbocycles. The molecule has 0 aliphatic carbocycles. The van der Waals surface area contributed by atoms with Crippen LogP contribution in [-0.4, -0.2) is 27.7 Å². The number of amides is 1. The minimum atomic E-state index is -0.253. The average Bonchev–Trinajstić information content (AvgIpc) is 3.27. The highest BCUT2D eigenvalue weighted by molar-refractivity contribution is 7.13. The Bertz CT molecular complexity index is 826. The molecule has 0 atom stereocenters. The van der Waals surface area contributed by atoms with Crippen LogP contribution in [0.4, 0.5) is 5.82 Å². The van der Waals surface area contributed by atoms with E-state index in [0.29, 0.717) is 11.5 Å². The van der Waals surface area contributed by atoms with Crippen molar-refractivity contribution in [2.75, 3.05) is 11.9 Å². The van der Waals surface area contributed by atoms with Gasteiger partial charge in [0.1, 0.15) is 22.3 Å². The molecule has 6 nitrogen and oxygen atoms in total. The van der Waals surface area contributed by atoms with Crippen molar-refractivity contribution in [1.29, 1.82) is 0 Å². The number of nitrogens with zero attached hydrogens (tertiary/aromatic N) is 2. The van der Waals surface area contributed by atoms with Gasteiger partial charge in [-0.25, -0.2) is 4.98 Å². The summed E-state index contributed by atoms with van der Waals surface area (Å²) in [7, 11) is 0. The summed E-state index contributed by atoms with van der Waals surface area (Å²) in [5.74, 6) is 1.24. The largest absolute Gasteiger partial charge is 0.493 e. The van der Waals surface area contributed by atoms with Crippen molar-refractivity contribution in [3.05, 3.63) is 47.1 Å². The molecule has 7 heteroatoms. The summed E-state index contributed by atoms with van der Waals surface area (Å²) in [5.41, 5.74) is 2.59. The number of aromatic amines is 1. The van der Waals surface area contributed by atoms with E-state index in [4.69, 9.17) is 4.74 Å². The van der Waals surface area contributed by atoms with Crippen LogP contribution in [0.2, 0.25) is 0 Å². The van der Waals surface area contributed by atoms with Crippen molar-refractivity contribution in [1.82, 2.24) is 15.2 Å². The molecule has 1 amide bonds. The highest BCUT2D eigenvalue weighted by atomic mass is 32.1. The van der Waals surface area contributed by atoms with Crippen molar-refractivity contribution in [2.24, 2.45) is 0 Å². The predicted molar refractivity (Wildman–Crippen MR) is 83.3 cm³/mol. The molecule has 0 fully saturated rings. The van der Waals surface area contributed by atoms with Gasteiger partial charge >= 0.3 is 0 Å². The lowest BCUT2D eigenvalue weighted by molar-refractivity contribution is 0.102. The zero-order valence-electron chi connectivity index (χ0n) is 11.5. The summed E-state index contributed by atoms with van der Waals surface area (Å²) in [6.45, 7) is 0.731. The van der Waals surface area contributed by atoms with Gasteiger partial charge in [0.15, 0.2) is 0 Å². The van der Waals surface area contributed by atoms with Gasteiger partial charge in [0.05, 0.1) is 12.8 Å². The van der Waals surface area contributed by atoms with Crippen molar-refractivity contribution in [2.45, 2.75) is 6.42 Å². The third-order valence-electron chi connectivity index (χ3n) is 3.42. The number of nitrogens with one attached hydrogen (secondary N) is 2. The molecule has 1 aliphatic rings. The first kappa shape index (κ1) is 13.0. The van der Waals surface area contributed by atoms with Gasteiger partial charge in [0.2, 0.25) is 0 Å². The number of ether oxygens (including phenoxy) is 1. The van der Waals surface area contributed by atoms with Gasteiger partial charge in [-0.05, 0) is 23.8 Å². The van der Waals surface area contributed by atoms with Crippen molar-refractivity contribution < 1.29 is 9.53 Å². The fourth-order valence-electron chi connectivity index (χ4n) is 2.34. The van der Waals surface area contributed by atoms with Gasteiger partial charge in [-0.2, -0.15) is 5.10 Å². The van der Waals surface area contributed by atoms with E-state index in [9.17, 15) is 4.79 Å². The molecule has 3 aromatic rings. The van der Waals surface area contributed by atoms with Crippen molar-refractivity contribution in [3.8, 4) is 16.3 Å². The molecule has 3 heterocycles. The Morgan fingerprint density at radius 3 is 3.18 bits per heavy atom. The lowest BCUT2D eigenvalue weighted by atomic mass is 10.1. The van der Waals surface area contributed by atoms with Crippen molar-refractivity contribution >= 4 is 23.1 Å². The van der Waals surface area contributed by atoms with Gasteiger partial charge in [-0.15, -0.1) is 11.3 Å². The maximum absolute atomic E-state index is 12.1. The Balaban J connectivity index is 1.57. The third-order valence-corrected chi connectivity index (χ3v) is 4.31. The van der Waals surface area contributed by atoms with Gasteiger partial charge in [0.25, 0.3) is 5.91 Å². The van der Waals surface area contributed by atoms with Crippen LogP contribution in [0.5, 0.6) is 5.75 Å². The summed E-state index contributed by atoms with van der Waals surface area (Å²) in [6, 6.07) is 7.70. The molecule has 0 saturated heterocycles. The minimum Gasteiger partial charge on any atom is -0.493 e. The smallest absolute Gasteiger partial charge is 0.276 e. The first-order chi connectivity index (χ1) is 10.8. The minimum absolute atomic E-state index is 0.253.